The van der Waals surface area contributed by atoms with Gasteiger partial charge in [0, 0.05) is 17.0 Å². The van der Waals surface area contributed by atoms with Crippen LogP contribution in [0.1, 0.15) is 22.3 Å². The van der Waals surface area contributed by atoms with Gasteiger partial charge in [-0.2, -0.15) is 12.6 Å². The molecule has 1 heteroatoms. The van der Waals surface area contributed by atoms with E-state index < -0.39 is 0 Å². The molecule has 2 aliphatic rings. The number of fused-ring (bicyclic) bond motifs is 7. The second-order valence-corrected chi connectivity index (χ2v) is 9.57. The Morgan fingerprint density at radius 2 is 1.54 bits per heavy atom. The Morgan fingerprint density at radius 3 is 2.46 bits per heavy atom. The number of hydrogen-bond donors (Lipinski definition) is 0. The standard InChI is InChI=1S/C23H19Si/c1-24-14-18-12-10-16-6-2-4-8-20(16)22(18)23-19(15-24)13-11-17-7-3-5-9-21(17)23/h2-13H,14-15H2,1H3/q+1. The fourth-order valence-electron chi connectivity index (χ4n) is 4.23. The normalized spacial score (nSPS) is 15.7. The quantitative estimate of drug-likeness (QED) is 0.379. The van der Waals surface area contributed by atoms with Gasteiger partial charge in [0.1, 0.15) is 18.4 Å². The van der Waals surface area contributed by atoms with Crippen molar-refractivity contribution in [3.63, 3.8) is 0 Å². The van der Waals surface area contributed by atoms with Gasteiger partial charge in [-0.1, -0.05) is 42.0 Å². The SMILES string of the molecule is C[Si-]1Cc2ccc3c(c2-c2c(ccc4ccccc24)C1)[CH+]C=C[CH+]3. The maximum atomic E-state index is 2.48. The summed E-state index contributed by atoms with van der Waals surface area (Å²) in [6.07, 6.45) is 8.86. The van der Waals surface area contributed by atoms with Gasteiger partial charge in [-0.3, -0.25) is 8.80 Å². The minimum atomic E-state index is -0.388. The number of allylic oxidation sites excluding steroid dienone is 2. The van der Waals surface area contributed by atoms with Gasteiger partial charge >= 0.3 is 0 Å². The zero-order chi connectivity index (χ0) is 16.1. The molecular formula is C23H19Si+. The minimum Gasteiger partial charge on any atom is -0.251 e. The van der Waals surface area contributed by atoms with Crippen LogP contribution >= 0.6 is 0 Å². The maximum Gasteiger partial charge on any atom is 0.198 e. The van der Waals surface area contributed by atoms with E-state index >= 15 is 0 Å². The third-order valence-corrected chi connectivity index (χ3v) is 7.23. The number of benzene rings is 3. The van der Waals surface area contributed by atoms with Crippen LogP contribution in [0.15, 0.2) is 60.7 Å². The van der Waals surface area contributed by atoms with E-state index in [9.17, 15) is 0 Å². The molecule has 3 aromatic rings. The van der Waals surface area contributed by atoms with Crippen molar-refractivity contribution < 1.29 is 0 Å². The Balaban J connectivity index is 1.92. The summed E-state index contributed by atoms with van der Waals surface area (Å²) < 4.78 is 0. The lowest BCUT2D eigenvalue weighted by Gasteiger charge is -2.20. The molecule has 0 saturated carbocycles. The predicted octanol–water partition coefficient (Wildman–Crippen LogP) is 5.48. The van der Waals surface area contributed by atoms with Crippen molar-refractivity contribution in [1.82, 2.24) is 0 Å². The molecule has 3 aromatic carbocycles. The first-order valence-electron chi connectivity index (χ1n) is 8.64. The zero-order valence-electron chi connectivity index (χ0n) is 13.8. The summed E-state index contributed by atoms with van der Waals surface area (Å²) in [5.74, 6) is 0. The largest absolute Gasteiger partial charge is 0.251 e. The minimum absolute atomic E-state index is 0.388. The Kier molecular flexibility index (Phi) is 3.10. The molecule has 0 radical (unpaired) electrons. The highest BCUT2D eigenvalue weighted by Crippen LogP contribution is 2.42. The summed E-state index contributed by atoms with van der Waals surface area (Å²) in [4.78, 5) is 0. The van der Waals surface area contributed by atoms with Gasteiger partial charge in [0.05, 0.1) is 18.2 Å². The topological polar surface area (TPSA) is 0 Å². The van der Waals surface area contributed by atoms with E-state index in [1.54, 1.807) is 11.1 Å². The molecule has 0 fully saturated rings. The second-order valence-electron chi connectivity index (χ2n) is 6.95. The predicted molar refractivity (Wildman–Crippen MR) is 104 cm³/mol. The van der Waals surface area contributed by atoms with Crippen LogP contribution in [-0.2, 0) is 12.1 Å². The van der Waals surface area contributed by atoms with Crippen LogP contribution < -0.4 is 0 Å². The summed E-state index contributed by atoms with van der Waals surface area (Å²) >= 11 is 0. The molecule has 0 N–H and O–H groups in total. The molecule has 1 heterocycles. The van der Waals surface area contributed by atoms with Crippen molar-refractivity contribution in [3.8, 4) is 11.1 Å². The Morgan fingerprint density at radius 1 is 0.792 bits per heavy atom. The van der Waals surface area contributed by atoms with Crippen LogP contribution in [-0.4, -0.2) is 8.80 Å². The lowest BCUT2D eigenvalue weighted by molar-refractivity contribution is 1.29. The maximum absolute atomic E-state index is 2.48. The first-order chi connectivity index (χ1) is 11.8. The molecule has 0 atom stereocenters. The summed E-state index contributed by atoms with van der Waals surface area (Å²) in [6, 6.07) is 20.7. The van der Waals surface area contributed by atoms with E-state index in [-0.39, 0.29) is 8.80 Å². The lowest BCUT2D eigenvalue weighted by atomic mass is 9.83. The van der Waals surface area contributed by atoms with Crippen molar-refractivity contribution in [2.24, 2.45) is 0 Å². The zero-order valence-corrected chi connectivity index (χ0v) is 14.8. The molecule has 0 saturated heterocycles. The van der Waals surface area contributed by atoms with Crippen LogP contribution in [0, 0.1) is 12.8 Å². The van der Waals surface area contributed by atoms with Crippen LogP contribution in [0.5, 0.6) is 0 Å². The highest BCUT2D eigenvalue weighted by atomic mass is 28.3. The highest BCUT2D eigenvalue weighted by Gasteiger charge is 2.31. The molecule has 0 bridgehead atoms. The van der Waals surface area contributed by atoms with E-state index in [4.69, 9.17) is 0 Å². The molecule has 0 spiro atoms. The smallest absolute Gasteiger partial charge is 0.198 e. The fourth-order valence-corrected chi connectivity index (χ4v) is 6.25. The van der Waals surface area contributed by atoms with Crippen molar-refractivity contribution in [3.05, 3.63) is 95.8 Å². The monoisotopic (exact) mass is 323 g/mol. The van der Waals surface area contributed by atoms with Gasteiger partial charge in [-0.15, -0.1) is 6.04 Å². The van der Waals surface area contributed by atoms with E-state index in [0.717, 1.165) is 0 Å². The summed E-state index contributed by atoms with van der Waals surface area (Å²) in [5.41, 5.74) is 8.81. The van der Waals surface area contributed by atoms with Crippen LogP contribution in [0.4, 0.5) is 0 Å². The highest BCUT2D eigenvalue weighted by molar-refractivity contribution is 6.56. The van der Waals surface area contributed by atoms with E-state index in [1.165, 1.54) is 45.1 Å². The van der Waals surface area contributed by atoms with Crippen molar-refractivity contribution in [2.45, 2.75) is 18.6 Å². The molecular weight excluding hydrogens is 304 g/mol. The molecule has 0 amide bonds. The first kappa shape index (κ1) is 14.0. The Labute approximate surface area is 145 Å². The van der Waals surface area contributed by atoms with E-state index in [0.29, 0.717) is 0 Å². The molecule has 114 valence electrons. The van der Waals surface area contributed by atoms with E-state index in [1.807, 2.05) is 0 Å². The van der Waals surface area contributed by atoms with Gasteiger partial charge in [0.15, 0.2) is 11.1 Å². The third kappa shape index (κ3) is 2.05. The molecule has 5 rings (SSSR count). The van der Waals surface area contributed by atoms with Crippen molar-refractivity contribution >= 4 is 19.6 Å². The average Bonchev–Trinajstić information content (AvgIpc) is 2.77. The Bertz CT molecular complexity index is 981. The summed E-state index contributed by atoms with van der Waals surface area (Å²) in [7, 11) is -0.388. The lowest BCUT2D eigenvalue weighted by Crippen LogP contribution is -2.14. The second kappa shape index (κ2) is 5.32. The van der Waals surface area contributed by atoms with Gasteiger partial charge < -0.3 is 0 Å². The van der Waals surface area contributed by atoms with Crippen LogP contribution in [0.3, 0.4) is 0 Å². The molecule has 0 unspecified atom stereocenters. The van der Waals surface area contributed by atoms with Gasteiger partial charge in [0.25, 0.3) is 0 Å². The number of rotatable bonds is 0. The fraction of sp³-hybridized carbons (Fsp3) is 0.130. The van der Waals surface area contributed by atoms with Gasteiger partial charge in [0.2, 0.25) is 0 Å². The van der Waals surface area contributed by atoms with Gasteiger partial charge in [-0.25, -0.2) is 0 Å². The first-order valence-corrected chi connectivity index (χ1v) is 11.1. The van der Waals surface area contributed by atoms with Crippen LogP contribution in [0.2, 0.25) is 6.55 Å². The van der Waals surface area contributed by atoms with Gasteiger partial charge in [-0.05, 0) is 10.9 Å². The summed E-state index contributed by atoms with van der Waals surface area (Å²) in [5, 5.41) is 2.76. The molecule has 24 heavy (non-hydrogen) atoms. The number of hydrogen-bond acceptors (Lipinski definition) is 0. The Hall–Kier alpha value is -2.38. The summed E-state index contributed by atoms with van der Waals surface area (Å²) in [6.45, 7) is 2.48. The molecule has 0 aromatic heterocycles. The molecule has 0 nitrogen and oxygen atoms in total. The third-order valence-electron chi connectivity index (χ3n) is 5.27. The van der Waals surface area contributed by atoms with E-state index in [2.05, 4.69) is 80.1 Å². The van der Waals surface area contributed by atoms with Crippen molar-refractivity contribution in [2.75, 3.05) is 0 Å². The molecule has 1 aliphatic carbocycles. The molecule has 1 aliphatic heterocycles. The van der Waals surface area contributed by atoms with Crippen molar-refractivity contribution in [1.29, 1.82) is 0 Å². The van der Waals surface area contributed by atoms with Crippen LogP contribution in [0.25, 0.3) is 21.9 Å². The average molecular weight is 323 g/mol.